The van der Waals surface area contributed by atoms with Crippen molar-refractivity contribution in [3.8, 4) is 5.75 Å². The molecule has 0 saturated carbocycles. The molecule has 0 aliphatic carbocycles. The van der Waals surface area contributed by atoms with Crippen LogP contribution in [0.3, 0.4) is 0 Å². The van der Waals surface area contributed by atoms with Crippen LogP contribution in [-0.4, -0.2) is 25.7 Å². The fourth-order valence-corrected chi connectivity index (χ4v) is 1.58. The molecule has 88 valence electrons. The highest BCUT2D eigenvalue weighted by molar-refractivity contribution is 7.89. The fraction of sp³-hybridized carbons (Fsp3) is 0.222. The number of phenols is 1. The summed E-state index contributed by atoms with van der Waals surface area (Å²) in [4.78, 5) is 11.4. The molecule has 7 heteroatoms. The predicted octanol–water partition coefficient (Wildman–Crippen LogP) is 0.529. The van der Waals surface area contributed by atoms with E-state index in [0.717, 1.165) is 18.4 Å². The summed E-state index contributed by atoms with van der Waals surface area (Å²) in [6.45, 7) is 1.45. The van der Waals surface area contributed by atoms with Crippen molar-refractivity contribution in [3.63, 3.8) is 0 Å². The Morgan fingerprint density at radius 1 is 1.44 bits per heavy atom. The van der Waals surface area contributed by atoms with Gasteiger partial charge in [-0.25, -0.2) is 17.5 Å². The number of amides is 1. The number of phenolic OH excluding ortho intramolecular Hbond substituents is 1. The van der Waals surface area contributed by atoms with Gasteiger partial charge in [0.25, 0.3) is 5.91 Å². The predicted molar refractivity (Wildman–Crippen MR) is 55.1 cm³/mol. The number of hydrogen-bond donors (Lipinski definition) is 2. The number of aryl methyl sites for hydroxylation is 1. The number of hydrogen-bond acceptors (Lipinski definition) is 4. The quantitative estimate of drug-likeness (QED) is 0.798. The van der Waals surface area contributed by atoms with Crippen LogP contribution >= 0.6 is 0 Å². The number of sulfonamides is 1. The van der Waals surface area contributed by atoms with Gasteiger partial charge in [-0.2, -0.15) is 0 Å². The van der Waals surface area contributed by atoms with Gasteiger partial charge in [-0.1, -0.05) is 0 Å². The molecule has 1 rings (SSSR count). The van der Waals surface area contributed by atoms with E-state index >= 15 is 0 Å². The maximum atomic E-state index is 13.0. The van der Waals surface area contributed by atoms with Gasteiger partial charge in [-0.05, 0) is 24.6 Å². The van der Waals surface area contributed by atoms with E-state index in [9.17, 15) is 17.6 Å². The van der Waals surface area contributed by atoms with Crippen LogP contribution in [0.4, 0.5) is 4.39 Å². The van der Waals surface area contributed by atoms with E-state index < -0.39 is 27.5 Å². The van der Waals surface area contributed by atoms with E-state index in [2.05, 4.69) is 0 Å². The molecule has 2 N–H and O–H groups in total. The molecule has 0 radical (unpaired) electrons. The molecule has 0 aliphatic heterocycles. The maximum absolute atomic E-state index is 13.0. The van der Waals surface area contributed by atoms with Gasteiger partial charge in [-0.15, -0.1) is 0 Å². The molecular weight excluding hydrogens is 237 g/mol. The molecule has 1 aromatic rings. The summed E-state index contributed by atoms with van der Waals surface area (Å²) >= 11 is 0. The van der Waals surface area contributed by atoms with Gasteiger partial charge in [0, 0.05) is 5.56 Å². The first-order valence-corrected chi connectivity index (χ1v) is 6.11. The van der Waals surface area contributed by atoms with Crippen LogP contribution < -0.4 is 4.72 Å². The van der Waals surface area contributed by atoms with E-state index in [0.29, 0.717) is 0 Å². The largest absolute Gasteiger partial charge is 0.505 e. The van der Waals surface area contributed by atoms with Gasteiger partial charge in [0.1, 0.15) is 0 Å². The molecular formula is C9H10FNO4S. The molecule has 0 bridgehead atoms. The molecule has 0 heterocycles. The van der Waals surface area contributed by atoms with Crippen LogP contribution in [0, 0.1) is 12.7 Å². The van der Waals surface area contributed by atoms with Crippen molar-refractivity contribution in [2.75, 3.05) is 6.26 Å². The van der Waals surface area contributed by atoms with Crippen molar-refractivity contribution in [1.82, 2.24) is 4.72 Å². The monoisotopic (exact) mass is 247 g/mol. The van der Waals surface area contributed by atoms with Gasteiger partial charge in [-0.3, -0.25) is 4.79 Å². The third-order valence-corrected chi connectivity index (χ3v) is 2.37. The third kappa shape index (κ3) is 2.93. The van der Waals surface area contributed by atoms with Crippen LogP contribution in [0.25, 0.3) is 0 Å². The second-order valence-corrected chi connectivity index (χ2v) is 5.07. The molecule has 0 atom stereocenters. The van der Waals surface area contributed by atoms with Crippen molar-refractivity contribution in [1.29, 1.82) is 0 Å². The average Bonchev–Trinajstić information content (AvgIpc) is 2.08. The summed E-state index contributed by atoms with van der Waals surface area (Å²) in [5.74, 6) is -2.50. The molecule has 0 fully saturated rings. The summed E-state index contributed by atoms with van der Waals surface area (Å²) < 4.78 is 36.3. The minimum absolute atomic E-state index is 0.138. The van der Waals surface area contributed by atoms with E-state index in [4.69, 9.17) is 5.11 Å². The molecule has 0 aliphatic rings. The number of rotatable bonds is 2. The second kappa shape index (κ2) is 4.09. The molecule has 1 aromatic carbocycles. The number of aromatic hydroxyl groups is 1. The van der Waals surface area contributed by atoms with Crippen molar-refractivity contribution in [2.45, 2.75) is 6.92 Å². The van der Waals surface area contributed by atoms with E-state index in [-0.39, 0.29) is 11.1 Å². The Balaban J connectivity index is 3.15. The average molecular weight is 247 g/mol. The Kier molecular flexibility index (Phi) is 3.18. The minimum Gasteiger partial charge on any atom is -0.505 e. The number of carbonyl (C=O) groups excluding carboxylic acids is 1. The van der Waals surface area contributed by atoms with Crippen LogP contribution in [-0.2, 0) is 10.0 Å². The molecule has 0 saturated heterocycles. The number of halogens is 1. The Hall–Kier alpha value is -1.63. The van der Waals surface area contributed by atoms with E-state index in [1.54, 1.807) is 4.72 Å². The second-order valence-electron chi connectivity index (χ2n) is 3.32. The Morgan fingerprint density at radius 3 is 2.50 bits per heavy atom. The molecule has 0 unspecified atom stereocenters. The van der Waals surface area contributed by atoms with Crippen LogP contribution in [0.2, 0.25) is 0 Å². The summed E-state index contributed by atoms with van der Waals surface area (Å²) in [6, 6.07) is 1.83. The lowest BCUT2D eigenvalue weighted by Crippen LogP contribution is -2.29. The van der Waals surface area contributed by atoms with Crippen molar-refractivity contribution in [2.24, 2.45) is 0 Å². The maximum Gasteiger partial charge on any atom is 0.265 e. The van der Waals surface area contributed by atoms with Gasteiger partial charge in [0.05, 0.1) is 6.26 Å². The Bertz CT molecular complexity index is 539. The number of nitrogens with one attached hydrogen (secondary N) is 1. The molecule has 1 amide bonds. The third-order valence-electron chi connectivity index (χ3n) is 1.82. The highest BCUT2D eigenvalue weighted by Gasteiger charge is 2.16. The normalized spacial score (nSPS) is 11.2. The number of carbonyl (C=O) groups is 1. The van der Waals surface area contributed by atoms with Crippen molar-refractivity contribution < 1.29 is 22.7 Å². The van der Waals surface area contributed by atoms with E-state index in [1.165, 1.54) is 6.92 Å². The van der Waals surface area contributed by atoms with Crippen molar-refractivity contribution in [3.05, 3.63) is 29.1 Å². The van der Waals surface area contributed by atoms with Gasteiger partial charge in [0.15, 0.2) is 11.6 Å². The van der Waals surface area contributed by atoms with Crippen LogP contribution in [0.1, 0.15) is 15.9 Å². The smallest absolute Gasteiger partial charge is 0.265 e. The zero-order chi connectivity index (χ0) is 12.5. The molecule has 0 aromatic heterocycles. The first kappa shape index (κ1) is 12.4. The van der Waals surface area contributed by atoms with Gasteiger partial charge < -0.3 is 5.11 Å². The lowest BCUT2D eigenvalue weighted by molar-refractivity contribution is 0.0980. The van der Waals surface area contributed by atoms with Crippen LogP contribution in [0.15, 0.2) is 12.1 Å². The molecule has 16 heavy (non-hydrogen) atoms. The summed E-state index contributed by atoms with van der Waals surface area (Å²) in [5, 5.41) is 9.01. The summed E-state index contributed by atoms with van der Waals surface area (Å²) in [7, 11) is -3.70. The molecule has 5 nitrogen and oxygen atoms in total. The molecule has 0 spiro atoms. The Morgan fingerprint density at radius 2 is 2.00 bits per heavy atom. The summed E-state index contributed by atoms with van der Waals surface area (Å²) in [5.41, 5.74) is 0.140. The van der Waals surface area contributed by atoms with Gasteiger partial charge >= 0.3 is 0 Å². The zero-order valence-corrected chi connectivity index (χ0v) is 9.43. The number of benzene rings is 1. The lowest BCUT2D eigenvalue weighted by atomic mass is 10.1. The Labute approximate surface area is 92.0 Å². The summed E-state index contributed by atoms with van der Waals surface area (Å²) in [6.07, 6.45) is 0.816. The first-order valence-electron chi connectivity index (χ1n) is 4.22. The first-order chi connectivity index (χ1) is 7.20. The highest BCUT2D eigenvalue weighted by Crippen LogP contribution is 2.20. The fourth-order valence-electron chi connectivity index (χ4n) is 1.13. The standard InChI is InChI=1S/C9H10FNO4S/c1-5-3-8(12)7(10)4-6(5)9(13)11-16(2,14)15/h3-4,12H,1-2H3,(H,11,13). The van der Waals surface area contributed by atoms with Crippen molar-refractivity contribution >= 4 is 15.9 Å². The minimum atomic E-state index is -3.70. The zero-order valence-electron chi connectivity index (χ0n) is 8.61. The highest BCUT2D eigenvalue weighted by atomic mass is 32.2. The van der Waals surface area contributed by atoms with E-state index in [1.807, 2.05) is 0 Å². The van der Waals surface area contributed by atoms with Gasteiger partial charge in [0.2, 0.25) is 10.0 Å². The SMILES string of the molecule is Cc1cc(O)c(F)cc1C(=O)NS(C)(=O)=O. The lowest BCUT2D eigenvalue weighted by Gasteiger charge is -2.07. The van der Waals surface area contributed by atoms with Crippen LogP contribution in [0.5, 0.6) is 5.75 Å². The topological polar surface area (TPSA) is 83.5 Å².